The van der Waals surface area contributed by atoms with E-state index in [1.165, 1.54) is 0 Å². The lowest BCUT2D eigenvalue weighted by Crippen LogP contribution is -2.21. The van der Waals surface area contributed by atoms with Gasteiger partial charge in [-0.2, -0.15) is 0 Å². The van der Waals surface area contributed by atoms with E-state index in [1.807, 2.05) is 18.2 Å². The van der Waals surface area contributed by atoms with Crippen molar-refractivity contribution >= 4 is 11.6 Å². The molecule has 1 aromatic heterocycles. The molecular formula is C16H18ClNO2. The lowest BCUT2D eigenvalue weighted by molar-refractivity contribution is 0.302. The molecule has 1 aliphatic rings. The van der Waals surface area contributed by atoms with Gasteiger partial charge in [0.1, 0.15) is 5.75 Å². The maximum absolute atomic E-state index is 6.12. The van der Waals surface area contributed by atoms with Crippen molar-refractivity contribution in [2.45, 2.75) is 31.9 Å². The van der Waals surface area contributed by atoms with E-state index in [1.54, 1.807) is 6.26 Å². The van der Waals surface area contributed by atoms with E-state index in [4.69, 9.17) is 20.8 Å². The molecule has 0 amide bonds. The van der Waals surface area contributed by atoms with Crippen LogP contribution < -0.4 is 10.1 Å². The first-order chi connectivity index (χ1) is 9.78. The average Bonchev–Trinajstić information content (AvgIpc) is 3.16. The molecule has 0 aliphatic heterocycles. The lowest BCUT2D eigenvalue weighted by Gasteiger charge is -2.18. The zero-order valence-electron chi connectivity index (χ0n) is 11.4. The molecule has 1 atom stereocenters. The van der Waals surface area contributed by atoms with Gasteiger partial charge in [0.05, 0.1) is 18.4 Å². The third-order valence-corrected chi connectivity index (χ3v) is 3.69. The van der Waals surface area contributed by atoms with Gasteiger partial charge < -0.3 is 14.5 Å². The molecule has 1 aromatic carbocycles. The van der Waals surface area contributed by atoms with Crippen LogP contribution in [0.15, 0.2) is 41.0 Å². The summed E-state index contributed by atoms with van der Waals surface area (Å²) in [5.41, 5.74) is 2.09. The van der Waals surface area contributed by atoms with Gasteiger partial charge >= 0.3 is 0 Å². The normalized spacial score (nSPS) is 16.1. The molecule has 3 rings (SSSR count). The number of furan rings is 1. The summed E-state index contributed by atoms with van der Waals surface area (Å²) in [7, 11) is 0. The Morgan fingerprint density at radius 3 is 2.90 bits per heavy atom. The molecule has 0 radical (unpaired) electrons. The van der Waals surface area contributed by atoms with Gasteiger partial charge in [0, 0.05) is 5.56 Å². The fourth-order valence-electron chi connectivity index (χ4n) is 2.27. The number of benzene rings is 1. The fourth-order valence-corrected chi connectivity index (χ4v) is 2.49. The van der Waals surface area contributed by atoms with Gasteiger partial charge in [0.25, 0.3) is 0 Å². The maximum atomic E-state index is 6.12. The monoisotopic (exact) mass is 291 g/mol. The summed E-state index contributed by atoms with van der Waals surface area (Å²) < 4.78 is 11.1. The van der Waals surface area contributed by atoms with Gasteiger partial charge in [-0.05, 0) is 54.7 Å². The van der Waals surface area contributed by atoms with Crippen molar-refractivity contribution < 1.29 is 9.15 Å². The highest BCUT2D eigenvalue weighted by Gasteiger charge is 2.24. The van der Waals surface area contributed by atoms with Crippen molar-refractivity contribution in [3.8, 4) is 5.75 Å². The molecule has 1 aliphatic carbocycles. The van der Waals surface area contributed by atoms with Crippen molar-refractivity contribution in [1.29, 1.82) is 0 Å². The second kappa shape index (κ2) is 5.90. The van der Waals surface area contributed by atoms with Gasteiger partial charge in [-0.3, -0.25) is 0 Å². The molecule has 1 saturated carbocycles. The van der Waals surface area contributed by atoms with E-state index in [-0.39, 0.29) is 6.04 Å². The summed E-state index contributed by atoms with van der Waals surface area (Å²) in [4.78, 5) is 0. The van der Waals surface area contributed by atoms with Gasteiger partial charge in [0.2, 0.25) is 0 Å². The third-order valence-electron chi connectivity index (χ3n) is 3.38. The number of halogens is 1. The second-order valence-electron chi connectivity index (χ2n) is 5.03. The first-order valence-corrected chi connectivity index (χ1v) is 7.38. The number of ether oxygens (including phenoxy) is 1. The summed E-state index contributed by atoms with van der Waals surface area (Å²) in [6.45, 7) is 2.92. The average molecular weight is 292 g/mol. The fraction of sp³-hybridized carbons (Fsp3) is 0.375. The summed E-state index contributed by atoms with van der Waals surface area (Å²) in [6, 6.07) is 10.1. The molecule has 0 bridgehead atoms. The second-order valence-corrected chi connectivity index (χ2v) is 5.37. The summed E-state index contributed by atoms with van der Waals surface area (Å²) >= 11 is 6.12. The SMILES string of the molecule is CCNC(c1cccc(OC2CC2)c1)c1ccoc1Cl. The lowest BCUT2D eigenvalue weighted by atomic mass is 10.0. The number of hydrogen-bond donors (Lipinski definition) is 1. The van der Waals surface area contributed by atoms with E-state index >= 15 is 0 Å². The molecule has 4 heteroatoms. The van der Waals surface area contributed by atoms with Crippen LogP contribution in [0.3, 0.4) is 0 Å². The van der Waals surface area contributed by atoms with Crippen LogP contribution in [0.1, 0.15) is 36.9 Å². The van der Waals surface area contributed by atoms with Crippen molar-refractivity contribution in [1.82, 2.24) is 5.32 Å². The summed E-state index contributed by atoms with van der Waals surface area (Å²) in [5, 5.41) is 3.87. The minimum Gasteiger partial charge on any atom is -0.490 e. The van der Waals surface area contributed by atoms with Crippen LogP contribution in [0.5, 0.6) is 5.75 Å². The minimum absolute atomic E-state index is 0.0222. The van der Waals surface area contributed by atoms with Gasteiger partial charge in [-0.25, -0.2) is 0 Å². The van der Waals surface area contributed by atoms with Crippen LogP contribution in [-0.2, 0) is 0 Å². The summed E-state index contributed by atoms with van der Waals surface area (Å²) in [6.07, 6.45) is 4.34. The number of nitrogens with one attached hydrogen (secondary N) is 1. The van der Waals surface area contributed by atoms with Gasteiger partial charge in [0.15, 0.2) is 5.22 Å². The Labute approximate surface area is 123 Å². The predicted octanol–water partition coefficient (Wildman–Crippen LogP) is 4.17. The van der Waals surface area contributed by atoms with Gasteiger partial charge in [-0.1, -0.05) is 19.1 Å². The van der Waals surface area contributed by atoms with E-state index in [9.17, 15) is 0 Å². The molecule has 0 saturated heterocycles. The zero-order valence-corrected chi connectivity index (χ0v) is 12.2. The van der Waals surface area contributed by atoms with Crippen LogP contribution in [0.2, 0.25) is 5.22 Å². The Kier molecular flexibility index (Phi) is 3.99. The third kappa shape index (κ3) is 3.00. The van der Waals surface area contributed by atoms with Crippen LogP contribution in [0.4, 0.5) is 0 Å². The molecule has 2 aromatic rings. The van der Waals surface area contributed by atoms with Crippen molar-refractivity contribution in [3.63, 3.8) is 0 Å². The topological polar surface area (TPSA) is 34.4 Å². The Balaban J connectivity index is 1.88. The smallest absolute Gasteiger partial charge is 0.198 e. The van der Waals surface area contributed by atoms with E-state index in [0.29, 0.717) is 11.3 Å². The largest absolute Gasteiger partial charge is 0.490 e. The highest BCUT2D eigenvalue weighted by Crippen LogP contribution is 2.32. The number of rotatable bonds is 6. The maximum Gasteiger partial charge on any atom is 0.198 e. The van der Waals surface area contributed by atoms with Crippen molar-refractivity contribution in [3.05, 3.63) is 52.9 Å². The molecule has 106 valence electrons. The van der Waals surface area contributed by atoms with Crippen LogP contribution in [-0.4, -0.2) is 12.6 Å². The Morgan fingerprint density at radius 2 is 2.25 bits per heavy atom. The molecule has 1 heterocycles. The molecule has 20 heavy (non-hydrogen) atoms. The number of hydrogen-bond acceptors (Lipinski definition) is 3. The molecule has 1 fully saturated rings. The van der Waals surface area contributed by atoms with E-state index in [0.717, 1.165) is 36.3 Å². The Hall–Kier alpha value is -1.45. The molecule has 1 N–H and O–H groups in total. The molecular weight excluding hydrogens is 274 g/mol. The quantitative estimate of drug-likeness (QED) is 0.867. The van der Waals surface area contributed by atoms with Gasteiger partial charge in [-0.15, -0.1) is 0 Å². The molecule has 3 nitrogen and oxygen atoms in total. The minimum atomic E-state index is 0.0222. The van der Waals surface area contributed by atoms with E-state index < -0.39 is 0 Å². The predicted molar refractivity (Wildman–Crippen MR) is 79.3 cm³/mol. The standard InChI is InChI=1S/C16H18ClNO2/c1-2-18-15(14-8-9-19-16(14)17)11-4-3-5-13(10-11)20-12-6-7-12/h3-5,8-10,12,15,18H,2,6-7H2,1H3. The first kappa shape index (κ1) is 13.5. The highest BCUT2D eigenvalue weighted by atomic mass is 35.5. The van der Waals surface area contributed by atoms with Crippen molar-refractivity contribution in [2.75, 3.05) is 6.54 Å². The summed E-state index contributed by atoms with van der Waals surface area (Å²) in [5.74, 6) is 0.924. The zero-order chi connectivity index (χ0) is 13.9. The Morgan fingerprint density at radius 1 is 1.40 bits per heavy atom. The highest BCUT2D eigenvalue weighted by molar-refractivity contribution is 6.29. The molecule has 0 spiro atoms. The van der Waals surface area contributed by atoms with Crippen LogP contribution in [0.25, 0.3) is 0 Å². The van der Waals surface area contributed by atoms with Crippen LogP contribution >= 0.6 is 11.6 Å². The first-order valence-electron chi connectivity index (χ1n) is 7.01. The van der Waals surface area contributed by atoms with E-state index in [2.05, 4.69) is 24.4 Å². The van der Waals surface area contributed by atoms with Crippen molar-refractivity contribution in [2.24, 2.45) is 0 Å². The Bertz CT molecular complexity index is 577. The van der Waals surface area contributed by atoms with Crippen LogP contribution in [0, 0.1) is 0 Å². The molecule has 1 unspecified atom stereocenters.